The molecule has 1 aliphatic heterocycles. The Morgan fingerprint density at radius 1 is 1.37 bits per heavy atom. The monoisotopic (exact) mass is 370 g/mol. The van der Waals surface area contributed by atoms with Gasteiger partial charge < -0.3 is 14.6 Å². The van der Waals surface area contributed by atoms with Gasteiger partial charge >= 0.3 is 5.69 Å². The fourth-order valence-corrected chi connectivity index (χ4v) is 3.49. The van der Waals surface area contributed by atoms with Crippen molar-refractivity contribution in [3.8, 4) is 0 Å². The van der Waals surface area contributed by atoms with E-state index in [1.807, 2.05) is 30.0 Å². The molecule has 0 saturated carbocycles. The second-order valence-corrected chi connectivity index (χ2v) is 6.96. The molecule has 1 saturated heterocycles. The highest BCUT2D eigenvalue weighted by atomic mass is 16.5. The molecule has 3 rings (SSSR count). The Bertz CT molecular complexity index is 803. The van der Waals surface area contributed by atoms with Crippen LogP contribution in [0.25, 0.3) is 0 Å². The summed E-state index contributed by atoms with van der Waals surface area (Å²) in [7, 11) is 0. The summed E-state index contributed by atoms with van der Waals surface area (Å²) in [5.41, 5.74) is 2.89. The molecule has 0 radical (unpaired) electrons. The van der Waals surface area contributed by atoms with Crippen LogP contribution >= 0.6 is 0 Å². The Kier molecular flexibility index (Phi) is 6.34. The number of H-pyrrole nitrogens is 1. The smallest absolute Gasteiger partial charge is 0.345 e. The van der Waals surface area contributed by atoms with Crippen LogP contribution in [0.4, 0.5) is 0 Å². The number of nitrogens with one attached hydrogen (secondary N) is 1. The number of rotatable bonds is 7. The fourth-order valence-electron chi connectivity index (χ4n) is 3.49. The average molecular weight is 370 g/mol. The van der Waals surface area contributed by atoms with Gasteiger partial charge in [0.2, 0.25) is 5.91 Å². The first-order valence-electron chi connectivity index (χ1n) is 9.38. The maximum absolute atomic E-state index is 12.9. The first-order valence-corrected chi connectivity index (χ1v) is 9.38. The minimum atomic E-state index is -0.352. The van der Waals surface area contributed by atoms with Crippen LogP contribution in [0.5, 0.6) is 0 Å². The van der Waals surface area contributed by atoms with E-state index < -0.39 is 0 Å². The number of pyridine rings is 1. The Morgan fingerprint density at radius 3 is 2.89 bits per heavy atom. The molecule has 1 atom stereocenters. The molecule has 2 aromatic heterocycles. The molecule has 7 heteroatoms. The van der Waals surface area contributed by atoms with Crippen LogP contribution in [0.2, 0.25) is 0 Å². The third kappa shape index (κ3) is 5.23. The van der Waals surface area contributed by atoms with Crippen molar-refractivity contribution in [3.05, 3.63) is 57.5 Å². The molecule has 0 aromatic carbocycles. The summed E-state index contributed by atoms with van der Waals surface area (Å²) in [6.07, 6.45) is 4.75. The zero-order valence-corrected chi connectivity index (χ0v) is 15.9. The first kappa shape index (κ1) is 19.2. The number of nitrogens with zero attached hydrogens (tertiary/aromatic N) is 3. The van der Waals surface area contributed by atoms with Gasteiger partial charge in [-0.1, -0.05) is 6.07 Å². The normalized spacial score (nSPS) is 16.4. The van der Waals surface area contributed by atoms with Crippen LogP contribution in [0.15, 0.2) is 29.2 Å². The lowest BCUT2D eigenvalue weighted by Crippen LogP contribution is -2.37. The first-order chi connectivity index (χ1) is 13.0. The molecule has 1 aliphatic rings. The van der Waals surface area contributed by atoms with Crippen molar-refractivity contribution in [1.82, 2.24) is 19.9 Å². The molecule has 27 heavy (non-hydrogen) atoms. The highest BCUT2D eigenvalue weighted by molar-refractivity contribution is 5.76. The van der Waals surface area contributed by atoms with E-state index in [-0.39, 0.29) is 17.7 Å². The Hall–Kier alpha value is -2.54. The number of aromatic amines is 1. The van der Waals surface area contributed by atoms with E-state index in [4.69, 9.17) is 4.74 Å². The van der Waals surface area contributed by atoms with Crippen molar-refractivity contribution in [2.45, 2.75) is 52.2 Å². The largest absolute Gasteiger partial charge is 0.376 e. The van der Waals surface area contributed by atoms with Crippen molar-refractivity contribution in [3.63, 3.8) is 0 Å². The van der Waals surface area contributed by atoms with Crippen LogP contribution in [0, 0.1) is 13.8 Å². The van der Waals surface area contributed by atoms with Gasteiger partial charge in [0.25, 0.3) is 0 Å². The molecular formula is C20H26N4O3. The Balaban J connectivity index is 1.69. The minimum Gasteiger partial charge on any atom is -0.376 e. The molecule has 0 bridgehead atoms. The molecule has 1 fully saturated rings. The van der Waals surface area contributed by atoms with Gasteiger partial charge in [-0.25, -0.2) is 4.79 Å². The van der Waals surface area contributed by atoms with E-state index in [2.05, 4.69) is 15.0 Å². The summed E-state index contributed by atoms with van der Waals surface area (Å²) < 4.78 is 5.72. The third-order valence-corrected chi connectivity index (χ3v) is 4.92. The van der Waals surface area contributed by atoms with Crippen LogP contribution < -0.4 is 5.69 Å². The predicted molar refractivity (Wildman–Crippen MR) is 101 cm³/mol. The molecular weight excluding hydrogens is 344 g/mol. The predicted octanol–water partition coefficient (Wildman–Crippen LogP) is 1.92. The Labute approximate surface area is 158 Å². The highest BCUT2D eigenvalue weighted by Gasteiger charge is 2.23. The summed E-state index contributed by atoms with van der Waals surface area (Å²) in [6, 6.07) is 5.72. The van der Waals surface area contributed by atoms with Crippen molar-refractivity contribution < 1.29 is 9.53 Å². The van der Waals surface area contributed by atoms with Crippen molar-refractivity contribution >= 4 is 5.91 Å². The van der Waals surface area contributed by atoms with Gasteiger partial charge in [0.1, 0.15) is 0 Å². The second kappa shape index (κ2) is 8.90. The van der Waals surface area contributed by atoms with Crippen LogP contribution in [-0.4, -0.2) is 45.0 Å². The zero-order valence-electron chi connectivity index (χ0n) is 15.9. The lowest BCUT2D eigenvalue weighted by Gasteiger charge is -2.25. The van der Waals surface area contributed by atoms with Gasteiger partial charge in [-0.05, 0) is 50.8 Å². The SMILES string of the molecule is Cc1nc(=O)[nH]c(C)c1CCC(=O)N(Cc1ccccn1)C[C@H]1CCCO1. The lowest BCUT2D eigenvalue weighted by molar-refractivity contribution is -0.133. The summed E-state index contributed by atoms with van der Waals surface area (Å²) in [5.74, 6) is 0.0566. The Morgan fingerprint density at radius 2 is 2.22 bits per heavy atom. The maximum Gasteiger partial charge on any atom is 0.345 e. The van der Waals surface area contributed by atoms with Gasteiger partial charge in [-0.2, -0.15) is 4.98 Å². The quantitative estimate of drug-likeness (QED) is 0.804. The van der Waals surface area contributed by atoms with E-state index in [1.54, 1.807) is 13.1 Å². The number of ether oxygens (including phenoxy) is 1. The molecule has 1 N–H and O–H groups in total. The fraction of sp³-hybridized carbons (Fsp3) is 0.500. The van der Waals surface area contributed by atoms with Crippen molar-refractivity contribution in [1.29, 1.82) is 0 Å². The summed E-state index contributed by atoms with van der Waals surface area (Å²) in [5, 5.41) is 0. The van der Waals surface area contributed by atoms with E-state index in [0.717, 1.165) is 36.4 Å². The standard InChI is InChI=1S/C20H26N4O3/c1-14-18(15(2)23-20(26)22-14)8-9-19(25)24(13-17-7-5-11-27-17)12-16-6-3-4-10-21-16/h3-4,6,10,17H,5,7-9,11-13H2,1-2H3,(H,22,23,26)/t17-/m1/s1. The highest BCUT2D eigenvalue weighted by Crippen LogP contribution is 2.17. The number of hydrogen-bond donors (Lipinski definition) is 1. The topological polar surface area (TPSA) is 88.2 Å². The maximum atomic E-state index is 12.9. The number of amides is 1. The second-order valence-electron chi connectivity index (χ2n) is 6.96. The number of carbonyl (C=O) groups is 1. The van der Waals surface area contributed by atoms with Gasteiger partial charge in [-0.3, -0.25) is 9.78 Å². The van der Waals surface area contributed by atoms with Gasteiger partial charge in [-0.15, -0.1) is 0 Å². The van der Waals surface area contributed by atoms with Crippen LogP contribution in [0.3, 0.4) is 0 Å². The number of carbonyl (C=O) groups excluding carboxylic acids is 1. The minimum absolute atomic E-state index is 0.0566. The summed E-state index contributed by atoms with van der Waals surface area (Å²) in [4.78, 5) is 37.2. The van der Waals surface area contributed by atoms with E-state index >= 15 is 0 Å². The summed E-state index contributed by atoms with van der Waals surface area (Å²) in [6.45, 7) is 5.46. The third-order valence-electron chi connectivity index (χ3n) is 4.92. The van der Waals surface area contributed by atoms with Crippen molar-refractivity contribution in [2.24, 2.45) is 0 Å². The number of hydrogen-bond acceptors (Lipinski definition) is 5. The average Bonchev–Trinajstić information content (AvgIpc) is 3.14. The molecule has 0 spiro atoms. The molecule has 3 heterocycles. The van der Waals surface area contributed by atoms with E-state index in [9.17, 15) is 9.59 Å². The van der Waals surface area contributed by atoms with Gasteiger partial charge in [0.05, 0.1) is 18.3 Å². The molecule has 1 amide bonds. The molecule has 2 aromatic rings. The van der Waals surface area contributed by atoms with Gasteiger partial charge in [0, 0.05) is 37.2 Å². The molecule has 144 valence electrons. The van der Waals surface area contributed by atoms with Crippen molar-refractivity contribution in [2.75, 3.05) is 13.2 Å². The number of aryl methyl sites for hydroxylation is 2. The molecule has 0 aliphatic carbocycles. The van der Waals surface area contributed by atoms with E-state index in [1.165, 1.54) is 0 Å². The lowest BCUT2D eigenvalue weighted by atomic mass is 10.1. The molecule has 7 nitrogen and oxygen atoms in total. The molecule has 0 unspecified atom stereocenters. The zero-order chi connectivity index (χ0) is 19.2. The number of aromatic nitrogens is 3. The van der Waals surface area contributed by atoms with E-state index in [0.29, 0.717) is 31.6 Å². The van der Waals surface area contributed by atoms with Gasteiger partial charge in [0.15, 0.2) is 0 Å². The summed E-state index contributed by atoms with van der Waals surface area (Å²) >= 11 is 0. The van der Waals surface area contributed by atoms with Crippen LogP contribution in [0.1, 0.15) is 41.9 Å². The van der Waals surface area contributed by atoms with Crippen LogP contribution in [-0.2, 0) is 22.5 Å².